The fourth-order valence-corrected chi connectivity index (χ4v) is 4.81. The van der Waals surface area contributed by atoms with E-state index in [9.17, 15) is 4.79 Å². The summed E-state index contributed by atoms with van der Waals surface area (Å²) in [7, 11) is 0. The molecule has 0 spiro atoms. The van der Waals surface area contributed by atoms with Crippen molar-refractivity contribution in [2.45, 2.75) is 52.5 Å². The highest BCUT2D eigenvalue weighted by molar-refractivity contribution is 9.10. The molecule has 0 unspecified atom stereocenters. The van der Waals surface area contributed by atoms with Gasteiger partial charge in [-0.3, -0.25) is 4.79 Å². The minimum absolute atomic E-state index is 0.0380. The van der Waals surface area contributed by atoms with Crippen molar-refractivity contribution in [3.63, 3.8) is 0 Å². The average Bonchev–Trinajstić information content (AvgIpc) is 3.39. The number of aryl methyl sites for hydroxylation is 1. The molecule has 31 heavy (non-hydrogen) atoms. The van der Waals surface area contributed by atoms with Crippen molar-refractivity contribution in [2.75, 3.05) is 6.61 Å². The summed E-state index contributed by atoms with van der Waals surface area (Å²) in [5, 5.41) is 4.15. The minimum atomic E-state index is -0.0380. The van der Waals surface area contributed by atoms with Crippen LogP contribution in [0.3, 0.4) is 0 Å². The van der Waals surface area contributed by atoms with Crippen LogP contribution >= 0.6 is 15.9 Å². The van der Waals surface area contributed by atoms with Crippen molar-refractivity contribution in [1.82, 2.24) is 5.32 Å². The molecule has 0 bridgehead atoms. The molecule has 1 N–H and O–H groups in total. The number of ether oxygens (including phenoxy) is 1. The lowest BCUT2D eigenvalue weighted by Gasteiger charge is -2.15. The highest BCUT2D eigenvalue weighted by Crippen LogP contribution is 2.41. The van der Waals surface area contributed by atoms with Gasteiger partial charge in [0, 0.05) is 38.7 Å². The summed E-state index contributed by atoms with van der Waals surface area (Å²) in [5.41, 5.74) is 5.65. The maximum atomic E-state index is 12.6. The molecule has 5 heteroatoms. The largest absolute Gasteiger partial charge is 0.493 e. The number of amides is 1. The lowest BCUT2D eigenvalue weighted by Crippen LogP contribution is -2.31. The van der Waals surface area contributed by atoms with Gasteiger partial charge in [0.25, 0.3) is 0 Å². The van der Waals surface area contributed by atoms with Crippen molar-refractivity contribution in [3.05, 3.63) is 58.3 Å². The highest BCUT2D eigenvalue weighted by Gasteiger charge is 2.20. The van der Waals surface area contributed by atoms with Gasteiger partial charge >= 0.3 is 0 Å². The van der Waals surface area contributed by atoms with Crippen LogP contribution in [0, 0.1) is 6.92 Å². The molecule has 0 radical (unpaired) electrons. The average molecular weight is 482 g/mol. The second kappa shape index (κ2) is 9.31. The van der Waals surface area contributed by atoms with E-state index in [0.29, 0.717) is 12.6 Å². The smallest absolute Gasteiger partial charge is 0.244 e. The number of halogens is 1. The van der Waals surface area contributed by atoms with Crippen LogP contribution < -0.4 is 10.1 Å². The normalized spacial score (nSPS) is 14.9. The summed E-state index contributed by atoms with van der Waals surface area (Å²) in [6.45, 7) is 6.49. The predicted molar refractivity (Wildman–Crippen MR) is 129 cm³/mol. The summed E-state index contributed by atoms with van der Waals surface area (Å²) >= 11 is 3.55. The molecular formula is C26H28BrNO3. The predicted octanol–water partition coefficient (Wildman–Crippen LogP) is 7.03. The first-order valence-electron chi connectivity index (χ1n) is 10.9. The van der Waals surface area contributed by atoms with E-state index in [1.807, 2.05) is 32.9 Å². The molecule has 1 fully saturated rings. The second-order valence-corrected chi connectivity index (χ2v) is 9.08. The molecule has 0 aliphatic heterocycles. The number of rotatable bonds is 6. The molecule has 3 aromatic rings. The quantitative estimate of drug-likeness (QED) is 0.384. The number of carbonyl (C=O) groups excluding carboxylic acids is 1. The van der Waals surface area contributed by atoms with E-state index < -0.39 is 0 Å². The third-order valence-electron chi connectivity index (χ3n) is 5.94. The molecule has 1 aliphatic carbocycles. The molecular weight excluding hydrogens is 454 g/mol. The van der Waals surface area contributed by atoms with Crippen molar-refractivity contribution in [2.24, 2.45) is 0 Å². The SMILES string of the molecule is CCOc1c(/C(C)=C/C(=O)NC2CCCC2)cc2c(-c3cccc(Br)c3)coc2c1C. The lowest BCUT2D eigenvalue weighted by atomic mass is 9.96. The molecule has 1 aliphatic rings. The van der Waals surface area contributed by atoms with E-state index in [4.69, 9.17) is 9.15 Å². The van der Waals surface area contributed by atoms with Crippen LogP contribution in [0.5, 0.6) is 5.75 Å². The van der Waals surface area contributed by atoms with Crippen LogP contribution in [0.15, 0.2) is 51.6 Å². The first-order valence-corrected chi connectivity index (χ1v) is 11.7. The number of nitrogens with one attached hydrogen (secondary N) is 1. The fraction of sp³-hybridized carbons (Fsp3) is 0.346. The van der Waals surface area contributed by atoms with E-state index in [1.54, 1.807) is 12.3 Å². The van der Waals surface area contributed by atoms with Crippen LogP contribution in [0.25, 0.3) is 27.7 Å². The highest BCUT2D eigenvalue weighted by atomic mass is 79.9. The van der Waals surface area contributed by atoms with Gasteiger partial charge in [0.15, 0.2) is 0 Å². The Bertz CT molecular complexity index is 1140. The first kappa shape index (κ1) is 21.7. The molecule has 4 rings (SSSR count). The Kier molecular flexibility index (Phi) is 6.51. The number of hydrogen-bond acceptors (Lipinski definition) is 3. The van der Waals surface area contributed by atoms with Crippen molar-refractivity contribution in [1.29, 1.82) is 0 Å². The Hall–Kier alpha value is -2.53. The summed E-state index contributed by atoms with van der Waals surface area (Å²) in [4.78, 5) is 12.6. The molecule has 0 saturated heterocycles. The molecule has 1 amide bonds. The zero-order chi connectivity index (χ0) is 22.0. The van der Waals surface area contributed by atoms with Gasteiger partial charge in [0.05, 0.1) is 12.9 Å². The minimum Gasteiger partial charge on any atom is -0.493 e. The lowest BCUT2D eigenvalue weighted by molar-refractivity contribution is -0.117. The monoisotopic (exact) mass is 481 g/mol. The standard InChI is InChI=1S/C26H28BrNO3/c1-4-30-25-17(3)26-22(23(15-31-26)18-8-7-9-19(27)13-18)14-21(25)16(2)12-24(29)28-20-10-5-6-11-20/h7-9,12-15,20H,4-6,10-11H2,1-3H3,(H,28,29)/b16-12+. The third kappa shape index (κ3) is 4.57. The van der Waals surface area contributed by atoms with Crippen LogP contribution in [0.1, 0.15) is 50.7 Å². The number of furan rings is 1. The van der Waals surface area contributed by atoms with Crippen molar-refractivity contribution in [3.8, 4) is 16.9 Å². The number of allylic oxidation sites excluding steroid dienone is 1. The summed E-state index contributed by atoms with van der Waals surface area (Å²) in [6, 6.07) is 10.5. The Balaban J connectivity index is 1.78. The van der Waals surface area contributed by atoms with Gasteiger partial charge in [-0.25, -0.2) is 0 Å². The number of carbonyl (C=O) groups is 1. The Labute approximate surface area is 191 Å². The molecule has 1 aromatic heterocycles. The van der Waals surface area contributed by atoms with Crippen LogP contribution in [-0.2, 0) is 4.79 Å². The summed E-state index contributed by atoms with van der Waals surface area (Å²) in [5.74, 6) is 0.733. The third-order valence-corrected chi connectivity index (χ3v) is 6.44. The van der Waals surface area contributed by atoms with Gasteiger partial charge < -0.3 is 14.5 Å². The van der Waals surface area contributed by atoms with Crippen LogP contribution in [0.4, 0.5) is 0 Å². The van der Waals surface area contributed by atoms with Gasteiger partial charge in [-0.15, -0.1) is 0 Å². The summed E-state index contributed by atoms with van der Waals surface area (Å²) < 4.78 is 13.0. The molecule has 0 atom stereocenters. The maximum absolute atomic E-state index is 12.6. The van der Waals surface area contributed by atoms with Gasteiger partial charge in [0.1, 0.15) is 11.3 Å². The maximum Gasteiger partial charge on any atom is 0.244 e. The van der Waals surface area contributed by atoms with Crippen LogP contribution in [-0.4, -0.2) is 18.6 Å². The Morgan fingerprint density at radius 2 is 2.06 bits per heavy atom. The molecule has 2 aromatic carbocycles. The summed E-state index contributed by atoms with van der Waals surface area (Å²) in [6.07, 6.45) is 8.01. The topological polar surface area (TPSA) is 51.5 Å². The number of benzene rings is 2. The Morgan fingerprint density at radius 3 is 2.77 bits per heavy atom. The van der Waals surface area contributed by atoms with E-state index in [-0.39, 0.29) is 5.91 Å². The van der Waals surface area contributed by atoms with Crippen molar-refractivity contribution >= 4 is 38.4 Å². The van der Waals surface area contributed by atoms with Gasteiger partial charge in [0.2, 0.25) is 5.91 Å². The van der Waals surface area contributed by atoms with Crippen molar-refractivity contribution < 1.29 is 13.9 Å². The molecule has 1 heterocycles. The van der Waals surface area contributed by atoms with E-state index >= 15 is 0 Å². The van der Waals surface area contributed by atoms with E-state index in [1.165, 1.54) is 12.8 Å². The number of hydrogen-bond donors (Lipinski definition) is 1. The van der Waals surface area contributed by atoms with Crippen LogP contribution in [0.2, 0.25) is 0 Å². The zero-order valence-corrected chi connectivity index (χ0v) is 19.8. The van der Waals surface area contributed by atoms with Gasteiger partial charge in [-0.1, -0.05) is 40.9 Å². The van der Waals surface area contributed by atoms with Gasteiger partial charge in [-0.05, 0) is 62.9 Å². The second-order valence-electron chi connectivity index (χ2n) is 8.16. The molecule has 162 valence electrons. The van der Waals surface area contributed by atoms with E-state index in [0.717, 1.165) is 61.9 Å². The molecule has 4 nitrogen and oxygen atoms in total. The number of fused-ring (bicyclic) bond motifs is 1. The van der Waals surface area contributed by atoms with Gasteiger partial charge in [-0.2, -0.15) is 0 Å². The van der Waals surface area contributed by atoms with E-state index in [2.05, 4.69) is 39.4 Å². The molecule has 1 saturated carbocycles. The Morgan fingerprint density at radius 1 is 1.29 bits per heavy atom. The first-order chi connectivity index (χ1) is 15.0. The fourth-order valence-electron chi connectivity index (χ4n) is 4.41. The zero-order valence-electron chi connectivity index (χ0n) is 18.3.